The molecule has 1 aliphatic heterocycles. The summed E-state index contributed by atoms with van der Waals surface area (Å²) in [7, 11) is 3.98. The van der Waals surface area contributed by atoms with Crippen molar-refractivity contribution in [3.63, 3.8) is 0 Å². The number of aryl methyl sites for hydroxylation is 2. The Bertz CT molecular complexity index is 1160. The summed E-state index contributed by atoms with van der Waals surface area (Å²) in [6.45, 7) is 8.19. The van der Waals surface area contributed by atoms with Crippen LogP contribution < -0.4 is 10.2 Å². The maximum atomic E-state index is 13.5. The van der Waals surface area contributed by atoms with E-state index in [1.54, 1.807) is 6.20 Å². The predicted molar refractivity (Wildman–Crippen MR) is 136 cm³/mol. The maximum Gasteiger partial charge on any atom is 0.253 e. The largest absolute Gasteiger partial charge is 0.379 e. The molecule has 1 saturated heterocycles. The minimum atomic E-state index is -0.211. The van der Waals surface area contributed by atoms with Crippen LogP contribution in [-0.2, 0) is 12.0 Å². The summed E-state index contributed by atoms with van der Waals surface area (Å²) in [4.78, 5) is 31.2. The Hall–Kier alpha value is -3.48. The lowest BCUT2D eigenvalue weighted by Crippen LogP contribution is -2.47. The van der Waals surface area contributed by atoms with Crippen molar-refractivity contribution in [2.75, 3.05) is 37.4 Å². The van der Waals surface area contributed by atoms with Gasteiger partial charge in [-0.1, -0.05) is 19.1 Å². The van der Waals surface area contributed by atoms with Gasteiger partial charge in [-0.05, 0) is 56.5 Å². The van der Waals surface area contributed by atoms with Gasteiger partial charge in [-0.2, -0.15) is 0 Å². The van der Waals surface area contributed by atoms with Crippen LogP contribution in [0.1, 0.15) is 52.9 Å². The van der Waals surface area contributed by atoms with Gasteiger partial charge in [0.1, 0.15) is 11.6 Å². The van der Waals surface area contributed by atoms with E-state index in [1.807, 2.05) is 74.1 Å². The summed E-state index contributed by atoms with van der Waals surface area (Å²) in [6, 6.07) is 13.8. The number of pyridine rings is 1. The first-order chi connectivity index (χ1) is 16.2. The molecular weight excluding hydrogens is 424 g/mol. The fourth-order valence-electron chi connectivity index (χ4n) is 4.53. The first-order valence-corrected chi connectivity index (χ1v) is 11.8. The van der Waals surface area contributed by atoms with Crippen molar-refractivity contribution in [1.82, 2.24) is 19.9 Å². The molecule has 1 N–H and O–H groups in total. The molecule has 1 aliphatic rings. The quantitative estimate of drug-likeness (QED) is 0.592. The number of likely N-dealkylation sites (tertiary alicyclic amines) is 1. The van der Waals surface area contributed by atoms with E-state index in [2.05, 4.69) is 28.3 Å². The average Bonchev–Trinajstić information content (AvgIpc) is 2.83. The minimum absolute atomic E-state index is 0.0606. The lowest BCUT2D eigenvalue weighted by Gasteiger charge is -2.40. The highest BCUT2D eigenvalue weighted by molar-refractivity contribution is 5.95. The SMILES string of the molecule is Cc1nc(N(C)C)cc([C@]2(C)CCCN(C(=O)c3ccc(C)c(NCc4ccccn4)c3)C2)n1. The molecule has 3 aromatic rings. The Morgan fingerprint density at radius 2 is 1.97 bits per heavy atom. The van der Waals surface area contributed by atoms with Crippen molar-refractivity contribution in [1.29, 1.82) is 0 Å². The monoisotopic (exact) mass is 458 g/mol. The molecule has 7 heteroatoms. The summed E-state index contributed by atoms with van der Waals surface area (Å²) >= 11 is 0. The number of nitrogens with one attached hydrogen (secondary N) is 1. The lowest BCUT2D eigenvalue weighted by molar-refractivity contribution is 0.0647. The van der Waals surface area contributed by atoms with Gasteiger partial charge in [0.15, 0.2) is 0 Å². The Morgan fingerprint density at radius 1 is 1.15 bits per heavy atom. The van der Waals surface area contributed by atoms with Crippen molar-refractivity contribution >= 4 is 17.4 Å². The third-order valence-electron chi connectivity index (χ3n) is 6.56. The summed E-state index contributed by atoms with van der Waals surface area (Å²) in [5, 5.41) is 3.44. The van der Waals surface area contributed by atoms with E-state index in [0.717, 1.165) is 53.7 Å². The van der Waals surface area contributed by atoms with Gasteiger partial charge in [-0.15, -0.1) is 0 Å². The van der Waals surface area contributed by atoms with Crippen LogP contribution in [-0.4, -0.2) is 52.9 Å². The van der Waals surface area contributed by atoms with Crippen LogP contribution in [0.3, 0.4) is 0 Å². The Morgan fingerprint density at radius 3 is 2.71 bits per heavy atom. The molecule has 0 unspecified atom stereocenters. The number of anilines is 2. The molecular formula is C27H34N6O. The summed E-state index contributed by atoms with van der Waals surface area (Å²) < 4.78 is 0. The van der Waals surface area contributed by atoms with Crippen LogP contribution in [0.15, 0.2) is 48.7 Å². The number of aromatic nitrogens is 3. The Labute approximate surface area is 202 Å². The van der Waals surface area contributed by atoms with Gasteiger partial charge in [-0.25, -0.2) is 9.97 Å². The molecule has 1 amide bonds. The first-order valence-electron chi connectivity index (χ1n) is 11.8. The van der Waals surface area contributed by atoms with Crippen molar-refractivity contribution < 1.29 is 4.79 Å². The molecule has 1 aromatic carbocycles. The number of piperidine rings is 1. The number of amides is 1. The second-order valence-electron chi connectivity index (χ2n) is 9.65. The number of benzene rings is 1. The van der Waals surface area contributed by atoms with E-state index in [4.69, 9.17) is 4.98 Å². The zero-order valence-electron chi connectivity index (χ0n) is 20.8. The van der Waals surface area contributed by atoms with Crippen molar-refractivity contribution in [3.05, 3.63) is 77.0 Å². The average molecular weight is 459 g/mol. The third kappa shape index (κ3) is 5.19. The van der Waals surface area contributed by atoms with E-state index < -0.39 is 0 Å². The second-order valence-corrected chi connectivity index (χ2v) is 9.65. The predicted octanol–water partition coefficient (Wildman–Crippen LogP) is 4.36. The number of carbonyl (C=O) groups excluding carboxylic acids is 1. The molecule has 0 radical (unpaired) electrons. The standard InChI is InChI=1S/C27H34N6O/c1-19-10-11-21(15-23(19)29-17-22-9-6-7-13-28-22)26(34)33-14-8-12-27(3,18-33)24-16-25(32(4)5)31-20(2)30-24/h6-7,9-11,13,15-16,29H,8,12,14,17-18H2,1-5H3/t27-/m1/s1. The van der Waals surface area contributed by atoms with Gasteiger partial charge in [0.2, 0.25) is 0 Å². The number of rotatable bonds is 6. The molecule has 7 nitrogen and oxygen atoms in total. The third-order valence-corrected chi connectivity index (χ3v) is 6.56. The number of carbonyl (C=O) groups is 1. The normalized spacial score (nSPS) is 18.0. The molecule has 1 fully saturated rings. The molecule has 0 bridgehead atoms. The number of nitrogens with zero attached hydrogens (tertiary/aromatic N) is 5. The molecule has 178 valence electrons. The molecule has 3 heterocycles. The second kappa shape index (κ2) is 9.79. The first kappa shape index (κ1) is 23.7. The van der Waals surface area contributed by atoms with Crippen LogP contribution in [0, 0.1) is 13.8 Å². The van der Waals surface area contributed by atoms with Gasteiger partial charge >= 0.3 is 0 Å². The Kier molecular flexibility index (Phi) is 6.82. The summed E-state index contributed by atoms with van der Waals surface area (Å²) in [5.41, 5.74) is 4.51. The number of hydrogen-bond donors (Lipinski definition) is 1. The minimum Gasteiger partial charge on any atom is -0.379 e. The summed E-state index contributed by atoms with van der Waals surface area (Å²) in [6.07, 6.45) is 3.72. The van der Waals surface area contributed by atoms with E-state index in [1.165, 1.54) is 0 Å². The highest BCUT2D eigenvalue weighted by Gasteiger charge is 2.36. The van der Waals surface area contributed by atoms with Gasteiger partial charge in [0.25, 0.3) is 5.91 Å². The Balaban J connectivity index is 1.53. The zero-order chi connectivity index (χ0) is 24.3. The summed E-state index contributed by atoms with van der Waals surface area (Å²) in [5.74, 6) is 1.72. The zero-order valence-corrected chi connectivity index (χ0v) is 20.8. The smallest absolute Gasteiger partial charge is 0.253 e. The lowest BCUT2D eigenvalue weighted by atomic mass is 9.78. The maximum absolute atomic E-state index is 13.5. The molecule has 0 spiro atoms. The highest BCUT2D eigenvalue weighted by Crippen LogP contribution is 2.34. The van der Waals surface area contributed by atoms with Gasteiger partial charge in [-0.3, -0.25) is 9.78 Å². The van der Waals surface area contributed by atoms with E-state index in [0.29, 0.717) is 18.7 Å². The molecule has 0 aliphatic carbocycles. The number of hydrogen-bond acceptors (Lipinski definition) is 6. The van der Waals surface area contributed by atoms with Crippen molar-refractivity contribution in [2.24, 2.45) is 0 Å². The topological polar surface area (TPSA) is 74.2 Å². The van der Waals surface area contributed by atoms with Gasteiger partial charge in [0, 0.05) is 56.1 Å². The fraction of sp³-hybridized carbons (Fsp3) is 0.407. The van der Waals surface area contributed by atoms with Crippen LogP contribution in [0.5, 0.6) is 0 Å². The fourth-order valence-corrected chi connectivity index (χ4v) is 4.53. The van der Waals surface area contributed by atoms with Crippen LogP contribution in [0.4, 0.5) is 11.5 Å². The van der Waals surface area contributed by atoms with E-state index in [-0.39, 0.29) is 11.3 Å². The van der Waals surface area contributed by atoms with Crippen molar-refractivity contribution in [3.8, 4) is 0 Å². The highest BCUT2D eigenvalue weighted by atomic mass is 16.2. The van der Waals surface area contributed by atoms with Crippen LogP contribution in [0.2, 0.25) is 0 Å². The van der Waals surface area contributed by atoms with Crippen LogP contribution >= 0.6 is 0 Å². The molecule has 1 atom stereocenters. The molecule has 2 aromatic heterocycles. The van der Waals surface area contributed by atoms with Gasteiger partial charge in [0.05, 0.1) is 17.9 Å². The van der Waals surface area contributed by atoms with Crippen LogP contribution in [0.25, 0.3) is 0 Å². The molecule has 0 saturated carbocycles. The molecule has 34 heavy (non-hydrogen) atoms. The van der Waals surface area contributed by atoms with E-state index in [9.17, 15) is 4.79 Å². The van der Waals surface area contributed by atoms with Gasteiger partial charge < -0.3 is 15.1 Å². The van der Waals surface area contributed by atoms with Crippen molar-refractivity contribution in [2.45, 2.75) is 45.6 Å². The molecule has 4 rings (SSSR count). The van der Waals surface area contributed by atoms with E-state index >= 15 is 0 Å².